The minimum Gasteiger partial charge on any atom is -0.508 e. The Bertz CT molecular complexity index is 446. The molecular formula is C14H19NO3. The second-order valence-corrected chi connectivity index (χ2v) is 5.15. The van der Waals surface area contributed by atoms with E-state index in [-0.39, 0.29) is 23.6 Å². The molecule has 1 fully saturated rings. The molecule has 4 heteroatoms. The van der Waals surface area contributed by atoms with Crippen LogP contribution < -0.4 is 0 Å². The topological polar surface area (TPSA) is 60.8 Å². The summed E-state index contributed by atoms with van der Waals surface area (Å²) in [6.45, 7) is 5.39. The first-order valence-corrected chi connectivity index (χ1v) is 6.25. The van der Waals surface area contributed by atoms with Crippen LogP contribution in [0.3, 0.4) is 0 Å². The predicted octanol–water partition coefficient (Wildman–Crippen LogP) is 2.11. The summed E-state index contributed by atoms with van der Waals surface area (Å²) in [5.74, 6) is -0.582. The highest BCUT2D eigenvalue weighted by Crippen LogP contribution is 2.31. The van der Waals surface area contributed by atoms with E-state index in [1.807, 2.05) is 26.0 Å². The van der Waals surface area contributed by atoms with Crippen molar-refractivity contribution in [2.75, 3.05) is 13.1 Å². The van der Waals surface area contributed by atoms with Gasteiger partial charge in [0.05, 0.1) is 5.92 Å². The number of phenols is 1. The molecule has 0 aliphatic carbocycles. The van der Waals surface area contributed by atoms with E-state index in [2.05, 4.69) is 4.90 Å². The molecule has 1 saturated heterocycles. The second-order valence-electron chi connectivity index (χ2n) is 5.15. The Labute approximate surface area is 107 Å². The molecule has 2 N–H and O–H groups in total. The van der Waals surface area contributed by atoms with Crippen molar-refractivity contribution in [3.63, 3.8) is 0 Å². The lowest BCUT2D eigenvalue weighted by Crippen LogP contribution is -2.26. The van der Waals surface area contributed by atoms with Gasteiger partial charge in [0.15, 0.2) is 0 Å². The van der Waals surface area contributed by atoms with Gasteiger partial charge < -0.3 is 10.2 Å². The summed E-state index contributed by atoms with van der Waals surface area (Å²) in [7, 11) is 0. The number of likely N-dealkylation sites (tertiary alicyclic amines) is 1. The number of aromatic hydroxyl groups is 1. The van der Waals surface area contributed by atoms with Gasteiger partial charge in [0.2, 0.25) is 0 Å². The number of carboxylic acid groups (broad SMARTS) is 1. The van der Waals surface area contributed by atoms with Gasteiger partial charge in [0.1, 0.15) is 5.75 Å². The van der Waals surface area contributed by atoms with E-state index in [9.17, 15) is 9.90 Å². The van der Waals surface area contributed by atoms with Crippen molar-refractivity contribution in [1.82, 2.24) is 4.90 Å². The normalized spacial score (nSPS) is 26.1. The lowest BCUT2D eigenvalue weighted by Gasteiger charge is -2.24. The Hall–Kier alpha value is -1.55. The summed E-state index contributed by atoms with van der Waals surface area (Å²) < 4.78 is 0. The van der Waals surface area contributed by atoms with Crippen molar-refractivity contribution in [3.05, 3.63) is 29.8 Å². The van der Waals surface area contributed by atoms with Gasteiger partial charge in [-0.1, -0.05) is 19.1 Å². The molecule has 4 nitrogen and oxygen atoms in total. The molecule has 0 spiro atoms. The molecule has 0 saturated carbocycles. The monoisotopic (exact) mass is 249 g/mol. The van der Waals surface area contributed by atoms with E-state index in [4.69, 9.17) is 5.11 Å². The van der Waals surface area contributed by atoms with Crippen LogP contribution in [0, 0.1) is 11.8 Å². The number of rotatable bonds is 3. The average Bonchev–Trinajstić information content (AvgIpc) is 2.70. The summed E-state index contributed by atoms with van der Waals surface area (Å²) in [6.07, 6.45) is 0. The Morgan fingerprint density at radius 2 is 2.17 bits per heavy atom. The summed E-state index contributed by atoms with van der Waals surface area (Å²) in [5.41, 5.74) is 1.02. The Morgan fingerprint density at radius 1 is 1.44 bits per heavy atom. The van der Waals surface area contributed by atoms with Crippen LogP contribution in [0.1, 0.15) is 25.5 Å². The van der Waals surface area contributed by atoms with E-state index in [1.54, 1.807) is 12.1 Å². The zero-order valence-electron chi connectivity index (χ0n) is 10.7. The fraction of sp³-hybridized carbons (Fsp3) is 0.500. The third-order valence-electron chi connectivity index (χ3n) is 3.86. The van der Waals surface area contributed by atoms with Gasteiger partial charge in [0.25, 0.3) is 0 Å². The van der Waals surface area contributed by atoms with Gasteiger partial charge in [0, 0.05) is 19.1 Å². The minimum atomic E-state index is -0.715. The predicted molar refractivity (Wildman–Crippen MR) is 68.4 cm³/mol. The minimum absolute atomic E-state index is 0.129. The molecule has 1 aliphatic heterocycles. The summed E-state index contributed by atoms with van der Waals surface area (Å²) in [5, 5.41) is 18.6. The van der Waals surface area contributed by atoms with Crippen molar-refractivity contribution in [1.29, 1.82) is 0 Å². The van der Waals surface area contributed by atoms with Crippen molar-refractivity contribution in [2.24, 2.45) is 11.8 Å². The lowest BCUT2D eigenvalue weighted by atomic mass is 9.99. The van der Waals surface area contributed by atoms with Gasteiger partial charge in [-0.25, -0.2) is 0 Å². The van der Waals surface area contributed by atoms with E-state index in [0.29, 0.717) is 6.54 Å². The lowest BCUT2D eigenvalue weighted by molar-refractivity contribution is -0.142. The number of carboxylic acids is 1. The fourth-order valence-corrected chi connectivity index (χ4v) is 2.64. The standard InChI is InChI=1S/C14H19NO3/c1-9-7-15(8-13(9)14(17)18)10(2)11-4-3-5-12(16)6-11/h3-6,9-10,13,16H,7-8H2,1-2H3,(H,17,18). The number of aliphatic carboxylic acids is 1. The van der Waals surface area contributed by atoms with Crippen LogP contribution in [0.2, 0.25) is 0 Å². The van der Waals surface area contributed by atoms with Crippen LogP contribution >= 0.6 is 0 Å². The van der Waals surface area contributed by atoms with E-state index >= 15 is 0 Å². The van der Waals surface area contributed by atoms with Crippen molar-refractivity contribution >= 4 is 5.97 Å². The van der Waals surface area contributed by atoms with Gasteiger partial charge in [-0.05, 0) is 30.5 Å². The molecule has 1 heterocycles. The van der Waals surface area contributed by atoms with Crippen molar-refractivity contribution in [3.8, 4) is 5.75 Å². The van der Waals surface area contributed by atoms with Crippen LogP contribution in [-0.2, 0) is 4.79 Å². The number of nitrogens with zero attached hydrogens (tertiary/aromatic N) is 1. The first kappa shape index (κ1) is 12.9. The Balaban J connectivity index is 2.11. The molecule has 0 aromatic heterocycles. The van der Waals surface area contributed by atoms with Crippen molar-refractivity contribution < 1.29 is 15.0 Å². The number of hydrogen-bond donors (Lipinski definition) is 2. The van der Waals surface area contributed by atoms with Gasteiger partial charge in [-0.2, -0.15) is 0 Å². The van der Waals surface area contributed by atoms with E-state index in [0.717, 1.165) is 12.1 Å². The molecule has 0 bridgehead atoms. The molecule has 3 atom stereocenters. The van der Waals surface area contributed by atoms with Crippen LogP contribution in [-0.4, -0.2) is 34.2 Å². The summed E-state index contributed by atoms with van der Waals surface area (Å²) in [6, 6.07) is 7.29. The molecule has 1 aliphatic rings. The first-order valence-electron chi connectivity index (χ1n) is 6.25. The van der Waals surface area contributed by atoms with Crippen LogP contribution in [0.25, 0.3) is 0 Å². The van der Waals surface area contributed by atoms with Gasteiger partial charge in [-0.3, -0.25) is 9.69 Å². The number of hydrogen-bond acceptors (Lipinski definition) is 3. The third-order valence-corrected chi connectivity index (χ3v) is 3.86. The smallest absolute Gasteiger partial charge is 0.308 e. The summed E-state index contributed by atoms with van der Waals surface area (Å²) in [4.78, 5) is 13.3. The van der Waals surface area contributed by atoms with Gasteiger partial charge >= 0.3 is 5.97 Å². The maximum atomic E-state index is 11.1. The molecule has 3 unspecified atom stereocenters. The molecule has 2 rings (SSSR count). The maximum absolute atomic E-state index is 11.1. The molecule has 1 aromatic carbocycles. The molecule has 98 valence electrons. The average molecular weight is 249 g/mol. The van der Waals surface area contributed by atoms with Crippen LogP contribution in [0.4, 0.5) is 0 Å². The first-order chi connectivity index (χ1) is 8.49. The zero-order valence-corrected chi connectivity index (χ0v) is 10.7. The second kappa shape index (κ2) is 4.98. The molecule has 18 heavy (non-hydrogen) atoms. The SMILES string of the molecule is CC1CN(C(C)c2cccc(O)c2)CC1C(=O)O. The molecule has 0 radical (unpaired) electrons. The number of carbonyl (C=O) groups is 1. The zero-order chi connectivity index (χ0) is 13.3. The third kappa shape index (κ3) is 2.48. The highest BCUT2D eigenvalue weighted by molar-refractivity contribution is 5.71. The fourth-order valence-electron chi connectivity index (χ4n) is 2.64. The highest BCUT2D eigenvalue weighted by atomic mass is 16.4. The van der Waals surface area contributed by atoms with Crippen LogP contribution in [0.5, 0.6) is 5.75 Å². The quantitative estimate of drug-likeness (QED) is 0.861. The largest absolute Gasteiger partial charge is 0.508 e. The molecular weight excluding hydrogens is 230 g/mol. The highest BCUT2D eigenvalue weighted by Gasteiger charge is 2.36. The Kier molecular flexibility index (Phi) is 3.57. The van der Waals surface area contributed by atoms with E-state index in [1.165, 1.54) is 0 Å². The Morgan fingerprint density at radius 3 is 2.72 bits per heavy atom. The van der Waals surface area contributed by atoms with Gasteiger partial charge in [-0.15, -0.1) is 0 Å². The molecule has 1 aromatic rings. The maximum Gasteiger partial charge on any atom is 0.308 e. The van der Waals surface area contributed by atoms with Crippen LogP contribution in [0.15, 0.2) is 24.3 Å². The molecule has 0 amide bonds. The number of benzene rings is 1. The number of phenolic OH excluding ortho intramolecular Hbond substituents is 1. The van der Waals surface area contributed by atoms with E-state index < -0.39 is 5.97 Å². The summed E-state index contributed by atoms with van der Waals surface area (Å²) >= 11 is 0. The van der Waals surface area contributed by atoms with Crippen molar-refractivity contribution in [2.45, 2.75) is 19.9 Å².